The quantitative estimate of drug-likeness (QED) is 0.140. The van der Waals surface area contributed by atoms with Crippen molar-refractivity contribution in [3.8, 4) is 17.2 Å². The van der Waals surface area contributed by atoms with Gasteiger partial charge in [-0.25, -0.2) is 10.3 Å². The van der Waals surface area contributed by atoms with Crippen LogP contribution < -0.4 is 21.1 Å². The first-order valence-corrected chi connectivity index (χ1v) is 18.0. The molecule has 4 aromatic rings. The molecule has 2 aromatic carbocycles. The van der Waals surface area contributed by atoms with Gasteiger partial charge in [-0.05, 0) is 60.6 Å². The number of benzene rings is 2. The lowest BCUT2D eigenvalue weighted by Gasteiger charge is -2.37. The van der Waals surface area contributed by atoms with Crippen LogP contribution in [0.3, 0.4) is 0 Å². The van der Waals surface area contributed by atoms with Crippen molar-refractivity contribution in [2.75, 3.05) is 43.1 Å². The van der Waals surface area contributed by atoms with Gasteiger partial charge in [-0.15, -0.1) is 0 Å². The minimum atomic E-state index is -0.146. The van der Waals surface area contributed by atoms with E-state index in [1.165, 1.54) is 0 Å². The van der Waals surface area contributed by atoms with Gasteiger partial charge in [0.25, 0.3) is 5.56 Å². The van der Waals surface area contributed by atoms with Gasteiger partial charge in [-0.1, -0.05) is 55.8 Å². The number of carbonyl (C=O) groups excluding carboxylic acids is 1. The number of aryl methyl sites for hydroxylation is 1. The van der Waals surface area contributed by atoms with Gasteiger partial charge in [-0.2, -0.15) is 19.6 Å². The number of pyridine rings is 1. The smallest absolute Gasteiger partial charge is 0.380 e. The molecule has 3 aliphatic rings. The van der Waals surface area contributed by atoms with Crippen molar-refractivity contribution in [1.82, 2.24) is 19.9 Å². The summed E-state index contributed by atoms with van der Waals surface area (Å²) in [6.45, 7) is 6.55. The Hall–Kier alpha value is -5.34. The highest BCUT2D eigenvalue weighted by Gasteiger charge is 2.51. The summed E-state index contributed by atoms with van der Waals surface area (Å²) < 4.78 is 8.91. The molecule has 2 amide bonds. The molecule has 3 fully saturated rings. The molecule has 2 aromatic heterocycles. The summed E-state index contributed by atoms with van der Waals surface area (Å²) in [5.41, 5.74) is 5.36. The Morgan fingerprint density at radius 3 is 2.55 bits per heavy atom. The summed E-state index contributed by atoms with van der Waals surface area (Å²) >= 11 is 0. The summed E-state index contributed by atoms with van der Waals surface area (Å²) in [7, 11) is 1.74. The van der Waals surface area contributed by atoms with E-state index in [9.17, 15) is 14.9 Å². The Kier molecular flexibility index (Phi) is 9.95. The van der Waals surface area contributed by atoms with Gasteiger partial charge in [0, 0.05) is 56.2 Å². The molecular weight excluding hydrogens is 640 g/mol. The molecule has 11 nitrogen and oxygen atoms in total. The van der Waals surface area contributed by atoms with Crippen molar-refractivity contribution in [1.29, 1.82) is 5.26 Å². The monoisotopic (exact) mass is 685 g/mol. The molecule has 262 valence electrons. The maximum absolute atomic E-state index is 14.0. The number of ether oxygens (including phenoxy) is 1. The van der Waals surface area contributed by atoms with E-state index in [-0.39, 0.29) is 22.9 Å². The topological polar surface area (TPSA) is 128 Å². The van der Waals surface area contributed by atoms with E-state index in [0.29, 0.717) is 36.3 Å². The van der Waals surface area contributed by atoms with E-state index < -0.39 is 0 Å². The van der Waals surface area contributed by atoms with Crippen LogP contribution in [0.5, 0.6) is 0 Å². The second-order valence-electron chi connectivity index (χ2n) is 14.1. The van der Waals surface area contributed by atoms with Crippen molar-refractivity contribution < 1.29 is 14.1 Å². The lowest BCUT2D eigenvalue weighted by atomic mass is 9.85. The van der Waals surface area contributed by atoms with Crippen LogP contribution >= 0.6 is 0 Å². The Morgan fingerprint density at radius 2 is 1.86 bits per heavy atom. The second-order valence-corrected chi connectivity index (χ2v) is 14.1. The summed E-state index contributed by atoms with van der Waals surface area (Å²) in [5.74, 6) is 1.80. The van der Waals surface area contributed by atoms with Crippen LogP contribution in [-0.4, -0.2) is 63.7 Å². The van der Waals surface area contributed by atoms with Gasteiger partial charge in [0.15, 0.2) is 5.82 Å². The van der Waals surface area contributed by atoms with Crippen molar-refractivity contribution in [3.05, 3.63) is 101 Å². The SMILES string of the molecule is CCCC1/C(=[N+](/C(=O)NCc2ccccc2)c2ccc(-c3ccn(C)c(=O)c3)cc2)C1CCCNc1ncc(C#N)c(N2CCC3(COC3)C2)n1. The van der Waals surface area contributed by atoms with Crippen LogP contribution in [0.2, 0.25) is 0 Å². The van der Waals surface area contributed by atoms with E-state index in [4.69, 9.17) is 9.72 Å². The molecule has 2 N–H and O–H groups in total. The summed E-state index contributed by atoms with van der Waals surface area (Å²) in [4.78, 5) is 37.7. The van der Waals surface area contributed by atoms with E-state index in [0.717, 1.165) is 86.5 Å². The third-order valence-electron chi connectivity index (χ3n) is 10.5. The molecule has 2 saturated heterocycles. The number of carbonyl (C=O) groups is 1. The second kappa shape index (κ2) is 14.9. The first kappa shape index (κ1) is 34.1. The number of nitrogens with one attached hydrogen (secondary N) is 2. The predicted octanol–water partition coefficient (Wildman–Crippen LogP) is 5.87. The van der Waals surface area contributed by atoms with Crippen molar-refractivity contribution in [3.63, 3.8) is 0 Å². The number of rotatable bonds is 12. The van der Waals surface area contributed by atoms with E-state index in [1.807, 2.05) is 65.2 Å². The van der Waals surface area contributed by atoms with Crippen LogP contribution in [0.1, 0.15) is 50.2 Å². The van der Waals surface area contributed by atoms with Gasteiger partial charge in [0.1, 0.15) is 23.9 Å². The van der Waals surface area contributed by atoms with Gasteiger partial charge in [0.05, 0.1) is 25.1 Å². The molecule has 11 heteroatoms. The fourth-order valence-electron chi connectivity index (χ4n) is 7.51. The van der Waals surface area contributed by atoms with Gasteiger partial charge >= 0.3 is 6.03 Å². The Morgan fingerprint density at radius 1 is 1.08 bits per heavy atom. The van der Waals surface area contributed by atoms with Crippen LogP contribution in [0.25, 0.3) is 11.1 Å². The zero-order valence-corrected chi connectivity index (χ0v) is 29.3. The molecule has 2 aliphatic heterocycles. The number of amides is 2. The number of aromatic nitrogens is 3. The maximum atomic E-state index is 14.0. The average Bonchev–Trinajstić information content (AvgIpc) is 3.57. The number of anilines is 2. The lowest BCUT2D eigenvalue weighted by Crippen LogP contribution is -2.44. The maximum Gasteiger partial charge on any atom is 0.496 e. The highest BCUT2D eigenvalue weighted by molar-refractivity contribution is 6.03. The van der Waals surface area contributed by atoms with Crippen LogP contribution in [0.15, 0.2) is 83.9 Å². The van der Waals surface area contributed by atoms with E-state index in [2.05, 4.69) is 33.5 Å². The number of nitriles is 1. The van der Waals surface area contributed by atoms with Crippen LogP contribution in [0, 0.1) is 28.6 Å². The molecule has 1 aliphatic carbocycles. The van der Waals surface area contributed by atoms with Crippen molar-refractivity contribution >= 4 is 29.2 Å². The third-order valence-corrected chi connectivity index (χ3v) is 10.5. The molecular formula is C40H45N8O3+. The number of urea groups is 1. The molecule has 0 bridgehead atoms. The number of hydrogen-bond acceptors (Lipinski definition) is 8. The van der Waals surface area contributed by atoms with Gasteiger partial charge in [-0.3, -0.25) is 4.79 Å². The fraction of sp³-hybridized carbons (Fsp3) is 0.400. The Labute approximate surface area is 298 Å². The Balaban J connectivity index is 1.07. The summed E-state index contributed by atoms with van der Waals surface area (Å²) in [6, 6.07) is 23.5. The molecule has 0 radical (unpaired) electrons. The summed E-state index contributed by atoms with van der Waals surface area (Å²) in [6.07, 6.45) is 8.25. The minimum absolute atomic E-state index is 0.0676. The van der Waals surface area contributed by atoms with E-state index >= 15 is 0 Å². The first-order chi connectivity index (χ1) is 24.9. The molecule has 2 atom stereocenters. The molecule has 2 unspecified atom stereocenters. The predicted molar refractivity (Wildman–Crippen MR) is 197 cm³/mol. The lowest BCUT2D eigenvalue weighted by molar-refractivity contribution is -0.333. The molecule has 4 heterocycles. The standard InChI is InChI=1S/C40H44N8O3/c1-3-8-33-34(11-7-18-42-38-43-24-31(22-41)37(45-38)47-20-17-40(25-47)26-51-27-40)36(33)48(39(50)44-23-28-9-5-4-6-10-28)32-14-12-29(13-15-32)30-16-19-46(2)35(49)21-30/h4-6,9-10,12-16,19,21,24,33-34H,3,7-8,11,17-18,20,23,25-27H2,1-2H3,(H-,42,43,44,45,50)/p+1/b48-36-. The first-order valence-electron chi connectivity index (χ1n) is 18.0. The van der Waals surface area contributed by atoms with Crippen LogP contribution in [-0.2, 0) is 18.3 Å². The molecule has 7 rings (SSSR count). The summed E-state index contributed by atoms with van der Waals surface area (Å²) in [5, 5.41) is 16.3. The number of nitrogens with zero attached hydrogens (tertiary/aromatic N) is 6. The van der Waals surface area contributed by atoms with E-state index in [1.54, 1.807) is 30.1 Å². The molecule has 1 spiro atoms. The van der Waals surface area contributed by atoms with Gasteiger partial charge in [0.2, 0.25) is 5.95 Å². The highest BCUT2D eigenvalue weighted by atomic mass is 16.5. The zero-order chi connectivity index (χ0) is 35.4. The normalized spacial score (nSPS) is 19.7. The van der Waals surface area contributed by atoms with Crippen molar-refractivity contribution in [2.45, 2.75) is 45.6 Å². The highest BCUT2D eigenvalue weighted by Crippen LogP contribution is 2.44. The molecule has 51 heavy (non-hydrogen) atoms. The molecule has 1 saturated carbocycles. The third kappa shape index (κ3) is 7.42. The van der Waals surface area contributed by atoms with Crippen molar-refractivity contribution in [2.24, 2.45) is 24.3 Å². The van der Waals surface area contributed by atoms with Crippen LogP contribution in [0.4, 0.5) is 22.2 Å². The van der Waals surface area contributed by atoms with Gasteiger partial charge < -0.3 is 19.5 Å². The largest absolute Gasteiger partial charge is 0.496 e. The number of hydrogen-bond donors (Lipinski definition) is 2. The minimum Gasteiger partial charge on any atom is -0.380 e. The Bertz CT molecular complexity index is 2010. The zero-order valence-electron chi connectivity index (χ0n) is 29.3. The fourth-order valence-corrected chi connectivity index (χ4v) is 7.51. The average molecular weight is 686 g/mol.